The molecular formula is C13H11ClN4. The topological polar surface area (TPSA) is 42.2 Å². The minimum absolute atomic E-state index is 0.481. The van der Waals surface area contributed by atoms with Crippen LogP contribution in [0.4, 0.5) is 5.82 Å². The van der Waals surface area contributed by atoms with Crippen LogP contribution in [-0.2, 0) is 6.54 Å². The minimum Gasteiger partial charge on any atom is -0.364 e. The summed E-state index contributed by atoms with van der Waals surface area (Å²) in [7, 11) is 0. The van der Waals surface area contributed by atoms with Gasteiger partial charge >= 0.3 is 0 Å². The molecule has 3 aromatic heterocycles. The molecule has 5 heteroatoms. The van der Waals surface area contributed by atoms with Crippen LogP contribution in [0.25, 0.3) is 5.65 Å². The molecule has 0 fully saturated rings. The summed E-state index contributed by atoms with van der Waals surface area (Å²) >= 11 is 5.82. The summed E-state index contributed by atoms with van der Waals surface area (Å²) in [6, 6.07) is 11.4. The summed E-state index contributed by atoms with van der Waals surface area (Å²) < 4.78 is 1.99. The van der Waals surface area contributed by atoms with Gasteiger partial charge in [-0.2, -0.15) is 0 Å². The number of nitrogens with one attached hydrogen (secondary N) is 1. The Morgan fingerprint density at radius 1 is 1.11 bits per heavy atom. The lowest BCUT2D eigenvalue weighted by Crippen LogP contribution is -2.01. The highest BCUT2D eigenvalue weighted by Gasteiger charge is 2.01. The van der Waals surface area contributed by atoms with Gasteiger partial charge in [-0.05, 0) is 24.3 Å². The smallest absolute Gasteiger partial charge is 0.137 e. The number of nitrogens with zero attached hydrogens (tertiary/aromatic N) is 3. The normalized spacial score (nSPS) is 10.7. The number of pyridine rings is 2. The van der Waals surface area contributed by atoms with Gasteiger partial charge in [0, 0.05) is 12.4 Å². The van der Waals surface area contributed by atoms with Gasteiger partial charge in [-0.1, -0.05) is 23.7 Å². The molecule has 0 bridgehead atoms. The molecule has 0 aromatic carbocycles. The Hall–Kier alpha value is -2.07. The maximum absolute atomic E-state index is 5.82. The molecule has 0 aliphatic carbocycles. The molecule has 0 amide bonds. The second kappa shape index (κ2) is 4.66. The first-order valence-corrected chi connectivity index (χ1v) is 5.98. The van der Waals surface area contributed by atoms with E-state index in [1.54, 1.807) is 6.07 Å². The van der Waals surface area contributed by atoms with Crippen LogP contribution in [0, 0.1) is 0 Å². The Morgan fingerprint density at radius 3 is 2.89 bits per heavy atom. The van der Waals surface area contributed by atoms with Gasteiger partial charge in [0.2, 0.25) is 0 Å². The van der Waals surface area contributed by atoms with Crippen molar-refractivity contribution in [3.8, 4) is 0 Å². The Morgan fingerprint density at radius 2 is 2.06 bits per heavy atom. The molecule has 18 heavy (non-hydrogen) atoms. The second-order valence-electron chi connectivity index (χ2n) is 3.90. The van der Waals surface area contributed by atoms with Crippen molar-refractivity contribution in [2.75, 3.05) is 5.32 Å². The van der Waals surface area contributed by atoms with Crippen LogP contribution in [-0.4, -0.2) is 14.4 Å². The summed E-state index contributed by atoms with van der Waals surface area (Å²) in [6.45, 7) is 0.620. The maximum Gasteiger partial charge on any atom is 0.137 e. The van der Waals surface area contributed by atoms with Crippen LogP contribution in [0.5, 0.6) is 0 Å². The highest BCUT2D eigenvalue weighted by atomic mass is 35.5. The molecule has 0 aliphatic heterocycles. The van der Waals surface area contributed by atoms with Crippen molar-refractivity contribution in [2.24, 2.45) is 0 Å². The molecule has 0 saturated carbocycles. The number of halogens is 1. The zero-order chi connectivity index (χ0) is 12.4. The lowest BCUT2D eigenvalue weighted by molar-refractivity contribution is 1.06. The van der Waals surface area contributed by atoms with E-state index in [9.17, 15) is 0 Å². The van der Waals surface area contributed by atoms with Crippen LogP contribution >= 0.6 is 11.6 Å². The van der Waals surface area contributed by atoms with Gasteiger partial charge < -0.3 is 9.72 Å². The Labute approximate surface area is 109 Å². The fraction of sp³-hybridized carbons (Fsp3) is 0.0769. The average Bonchev–Trinajstić information content (AvgIpc) is 2.79. The van der Waals surface area contributed by atoms with Crippen LogP contribution < -0.4 is 5.32 Å². The van der Waals surface area contributed by atoms with Gasteiger partial charge in [-0.3, -0.25) is 0 Å². The highest BCUT2D eigenvalue weighted by Crippen LogP contribution is 2.11. The lowest BCUT2D eigenvalue weighted by Gasteiger charge is -2.02. The summed E-state index contributed by atoms with van der Waals surface area (Å²) in [5.74, 6) is 0.750. The zero-order valence-electron chi connectivity index (χ0n) is 9.55. The van der Waals surface area contributed by atoms with Crippen molar-refractivity contribution in [3.05, 3.63) is 59.6 Å². The maximum atomic E-state index is 5.82. The van der Waals surface area contributed by atoms with Crippen LogP contribution in [0.15, 0.2) is 48.8 Å². The SMILES string of the molecule is Clc1cccc(NCc2cn3ccccc3n2)n1. The number of fused-ring (bicyclic) bond motifs is 1. The van der Waals surface area contributed by atoms with Crippen molar-refractivity contribution in [3.63, 3.8) is 0 Å². The second-order valence-corrected chi connectivity index (χ2v) is 4.28. The standard InChI is InChI=1S/C13H11ClN4/c14-11-4-3-5-12(17-11)15-8-10-9-18-7-2-1-6-13(18)16-10/h1-7,9H,8H2,(H,15,17). The minimum atomic E-state index is 0.481. The molecule has 90 valence electrons. The summed E-state index contributed by atoms with van der Waals surface area (Å²) in [5, 5.41) is 3.67. The summed E-state index contributed by atoms with van der Waals surface area (Å²) in [5.41, 5.74) is 1.90. The molecule has 0 spiro atoms. The van der Waals surface area contributed by atoms with Crippen LogP contribution in [0.2, 0.25) is 5.15 Å². The largest absolute Gasteiger partial charge is 0.364 e. The van der Waals surface area contributed by atoms with E-state index in [4.69, 9.17) is 11.6 Å². The Balaban J connectivity index is 1.76. The number of imidazole rings is 1. The van der Waals surface area contributed by atoms with E-state index in [1.165, 1.54) is 0 Å². The van der Waals surface area contributed by atoms with Gasteiger partial charge in [-0.25, -0.2) is 9.97 Å². The molecule has 0 aliphatic rings. The predicted octanol–water partition coefficient (Wildman–Crippen LogP) is 2.99. The monoisotopic (exact) mass is 258 g/mol. The van der Waals surface area contributed by atoms with Gasteiger partial charge in [0.05, 0.1) is 12.2 Å². The first-order valence-electron chi connectivity index (χ1n) is 5.60. The molecular weight excluding hydrogens is 248 g/mol. The van der Waals surface area contributed by atoms with Crippen LogP contribution in [0.3, 0.4) is 0 Å². The zero-order valence-corrected chi connectivity index (χ0v) is 10.3. The number of rotatable bonds is 3. The Kier molecular flexibility index (Phi) is 2.86. The molecule has 0 radical (unpaired) electrons. The number of hydrogen-bond acceptors (Lipinski definition) is 3. The highest BCUT2D eigenvalue weighted by molar-refractivity contribution is 6.29. The van der Waals surface area contributed by atoms with Gasteiger partial charge in [0.1, 0.15) is 16.6 Å². The van der Waals surface area contributed by atoms with Crippen molar-refractivity contribution in [1.29, 1.82) is 0 Å². The number of anilines is 1. The van der Waals surface area contributed by atoms with Crippen molar-refractivity contribution >= 4 is 23.1 Å². The third-order valence-corrected chi connectivity index (χ3v) is 2.79. The molecule has 1 N–H and O–H groups in total. The average molecular weight is 259 g/mol. The van der Waals surface area contributed by atoms with E-state index in [0.717, 1.165) is 17.2 Å². The molecule has 3 aromatic rings. The van der Waals surface area contributed by atoms with Gasteiger partial charge in [0.25, 0.3) is 0 Å². The first kappa shape index (κ1) is 11.0. The quantitative estimate of drug-likeness (QED) is 0.735. The fourth-order valence-electron chi connectivity index (χ4n) is 1.76. The third-order valence-electron chi connectivity index (χ3n) is 2.58. The molecule has 3 heterocycles. The summed E-state index contributed by atoms with van der Waals surface area (Å²) in [6.07, 6.45) is 3.97. The first-order chi connectivity index (χ1) is 8.81. The van der Waals surface area contributed by atoms with E-state index >= 15 is 0 Å². The van der Waals surface area contributed by atoms with Crippen LogP contribution in [0.1, 0.15) is 5.69 Å². The third kappa shape index (κ3) is 2.28. The van der Waals surface area contributed by atoms with E-state index in [0.29, 0.717) is 11.7 Å². The van der Waals surface area contributed by atoms with Crippen molar-refractivity contribution in [2.45, 2.75) is 6.54 Å². The fourth-order valence-corrected chi connectivity index (χ4v) is 1.92. The lowest BCUT2D eigenvalue weighted by atomic mass is 10.4. The van der Waals surface area contributed by atoms with E-state index in [-0.39, 0.29) is 0 Å². The molecule has 3 rings (SSSR count). The van der Waals surface area contributed by atoms with Crippen molar-refractivity contribution in [1.82, 2.24) is 14.4 Å². The van der Waals surface area contributed by atoms with Crippen molar-refractivity contribution < 1.29 is 0 Å². The summed E-state index contributed by atoms with van der Waals surface area (Å²) in [4.78, 5) is 8.65. The molecule has 4 nitrogen and oxygen atoms in total. The number of hydrogen-bond donors (Lipinski definition) is 1. The number of aromatic nitrogens is 3. The van der Waals surface area contributed by atoms with E-state index in [2.05, 4.69) is 15.3 Å². The van der Waals surface area contributed by atoms with E-state index < -0.39 is 0 Å². The van der Waals surface area contributed by atoms with Gasteiger partial charge in [-0.15, -0.1) is 0 Å². The molecule has 0 unspecified atom stereocenters. The van der Waals surface area contributed by atoms with Gasteiger partial charge in [0.15, 0.2) is 0 Å². The van der Waals surface area contributed by atoms with E-state index in [1.807, 2.05) is 47.1 Å². The predicted molar refractivity (Wildman–Crippen MR) is 71.8 cm³/mol. The Bertz CT molecular complexity index is 644. The molecule has 0 saturated heterocycles. The molecule has 0 atom stereocenters.